The summed E-state index contributed by atoms with van der Waals surface area (Å²) < 4.78 is 1.54. The fourth-order valence-electron chi connectivity index (χ4n) is 2.14. The van der Waals surface area contributed by atoms with Crippen LogP contribution in [0.3, 0.4) is 0 Å². The van der Waals surface area contributed by atoms with Crippen molar-refractivity contribution < 1.29 is 4.79 Å². The van der Waals surface area contributed by atoms with Gasteiger partial charge in [-0.2, -0.15) is 5.10 Å². The van der Waals surface area contributed by atoms with Gasteiger partial charge in [-0.1, -0.05) is 29.3 Å². The van der Waals surface area contributed by atoms with Gasteiger partial charge in [0.05, 0.1) is 0 Å². The predicted molar refractivity (Wildman–Crippen MR) is 96.5 cm³/mol. The Kier molecular flexibility index (Phi) is 5.42. The SMILES string of the molecule is O=C(/C=C/c1cc(Cl)ccc1Cl)NCc1cccnc1-n1cncn1. The average molecular weight is 374 g/mol. The highest BCUT2D eigenvalue weighted by molar-refractivity contribution is 6.34. The zero-order chi connectivity index (χ0) is 17.6. The van der Waals surface area contributed by atoms with Crippen LogP contribution in [-0.2, 0) is 11.3 Å². The van der Waals surface area contributed by atoms with Crippen molar-refractivity contribution in [3.05, 3.63) is 76.4 Å². The summed E-state index contributed by atoms with van der Waals surface area (Å²) in [5.74, 6) is 0.353. The number of aromatic nitrogens is 4. The monoisotopic (exact) mass is 373 g/mol. The first-order chi connectivity index (χ1) is 12.1. The third kappa shape index (κ3) is 4.43. The van der Waals surface area contributed by atoms with E-state index in [0.29, 0.717) is 28.0 Å². The summed E-state index contributed by atoms with van der Waals surface area (Å²) in [5.41, 5.74) is 1.49. The van der Waals surface area contributed by atoms with Gasteiger partial charge in [0.2, 0.25) is 5.91 Å². The highest BCUT2D eigenvalue weighted by atomic mass is 35.5. The lowest BCUT2D eigenvalue weighted by Crippen LogP contribution is -2.21. The normalized spacial score (nSPS) is 11.0. The number of carbonyl (C=O) groups excluding carboxylic acids is 1. The number of nitrogens with zero attached hydrogens (tertiary/aromatic N) is 4. The number of benzene rings is 1. The molecular formula is C17H13Cl2N5O. The van der Waals surface area contributed by atoms with E-state index in [2.05, 4.69) is 20.4 Å². The molecule has 2 aromatic heterocycles. The van der Waals surface area contributed by atoms with Crippen LogP contribution in [0.15, 0.2) is 55.3 Å². The van der Waals surface area contributed by atoms with E-state index in [0.717, 1.165) is 5.56 Å². The molecule has 1 N–H and O–H groups in total. The molecule has 0 saturated heterocycles. The van der Waals surface area contributed by atoms with Crippen molar-refractivity contribution in [3.8, 4) is 5.82 Å². The Morgan fingerprint density at radius 3 is 2.96 bits per heavy atom. The summed E-state index contributed by atoms with van der Waals surface area (Å²) in [6, 6.07) is 8.72. The molecule has 3 rings (SSSR count). The minimum absolute atomic E-state index is 0.260. The van der Waals surface area contributed by atoms with Crippen LogP contribution in [0.4, 0.5) is 0 Å². The Morgan fingerprint density at radius 2 is 2.16 bits per heavy atom. The lowest BCUT2D eigenvalue weighted by atomic mass is 10.2. The lowest BCUT2D eigenvalue weighted by Gasteiger charge is -2.08. The van der Waals surface area contributed by atoms with Crippen LogP contribution in [0.1, 0.15) is 11.1 Å². The summed E-state index contributed by atoms with van der Waals surface area (Å²) in [4.78, 5) is 20.2. The van der Waals surface area contributed by atoms with Crippen LogP contribution in [0.2, 0.25) is 10.0 Å². The first-order valence-corrected chi connectivity index (χ1v) is 8.09. The molecule has 6 nitrogen and oxygen atoms in total. The Balaban J connectivity index is 1.67. The molecule has 0 saturated carbocycles. The van der Waals surface area contributed by atoms with Crippen molar-refractivity contribution in [2.24, 2.45) is 0 Å². The second kappa shape index (κ2) is 7.92. The molecule has 1 aromatic carbocycles. The molecule has 0 bridgehead atoms. The number of nitrogens with one attached hydrogen (secondary N) is 1. The molecule has 0 spiro atoms. The van der Waals surface area contributed by atoms with Crippen molar-refractivity contribution in [1.29, 1.82) is 0 Å². The van der Waals surface area contributed by atoms with Gasteiger partial charge in [0.25, 0.3) is 0 Å². The molecule has 2 heterocycles. The first kappa shape index (κ1) is 17.1. The fourth-order valence-corrected chi connectivity index (χ4v) is 2.50. The maximum atomic E-state index is 12.1. The van der Waals surface area contributed by atoms with E-state index >= 15 is 0 Å². The smallest absolute Gasteiger partial charge is 0.244 e. The van der Waals surface area contributed by atoms with Crippen LogP contribution >= 0.6 is 23.2 Å². The third-order valence-electron chi connectivity index (χ3n) is 3.33. The van der Waals surface area contributed by atoms with Gasteiger partial charge in [-0.25, -0.2) is 14.6 Å². The molecule has 8 heteroatoms. The Labute approximate surface area is 154 Å². The van der Waals surface area contributed by atoms with Crippen LogP contribution in [0.25, 0.3) is 11.9 Å². The Bertz CT molecular complexity index is 909. The molecule has 0 unspecified atom stereocenters. The Hall–Kier alpha value is -2.70. The van der Waals surface area contributed by atoms with Gasteiger partial charge in [-0.15, -0.1) is 0 Å². The fraction of sp³-hybridized carbons (Fsp3) is 0.0588. The number of rotatable bonds is 5. The van der Waals surface area contributed by atoms with E-state index in [4.69, 9.17) is 23.2 Å². The van der Waals surface area contributed by atoms with Crippen LogP contribution in [0, 0.1) is 0 Å². The van der Waals surface area contributed by atoms with Crippen molar-refractivity contribution in [2.45, 2.75) is 6.54 Å². The molecule has 0 aliphatic rings. The van der Waals surface area contributed by atoms with Crippen molar-refractivity contribution in [2.75, 3.05) is 0 Å². The van der Waals surface area contributed by atoms with Gasteiger partial charge >= 0.3 is 0 Å². The lowest BCUT2D eigenvalue weighted by molar-refractivity contribution is -0.116. The number of amides is 1. The molecule has 126 valence electrons. The van der Waals surface area contributed by atoms with Gasteiger partial charge in [0, 0.05) is 34.4 Å². The number of hydrogen-bond donors (Lipinski definition) is 1. The zero-order valence-corrected chi connectivity index (χ0v) is 14.4. The van der Waals surface area contributed by atoms with Crippen molar-refractivity contribution in [1.82, 2.24) is 25.1 Å². The van der Waals surface area contributed by atoms with Gasteiger partial charge in [0.1, 0.15) is 12.7 Å². The highest BCUT2D eigenvalue weighted by Gasteiger charge is 2.07. The summed E-state index contributed by atoms with van der Waals surface area (Å²) in [5, 5.41) is 7.94. The summed E-state index contributed by atoms with van der Waals surface area (Å²) >= 11 is 12.0. The van der Waals surface area contributed by atoms with Crippen LogP contribution in [0.5, 0.6) is 0 Å². The maximum Gasteiger partial charge on any atom is 0.244 e. The van der Waals surface area contributed by atoms with E-state index in [-0.39, 0.29) is 5.91 Å². The zero-order valence-electron chi connectivity index (χ0n) is 12.9. The van der Waals surface area contributed by atoms with E-state index in [1.54, 1.807) is 47.5 Å². The summed E-state index contributed by atoms with van der Waals surface area (Å²) in [7, 11) is 0. The Morgan fingerprint density at radius 1 is 1.28 bits per heavy atom. The van der Waals surface area contributed by atoms with E-state index in [9.17, 15) is 4.79 Å². The number of halogens is 2. The number of hydrogen-bond acceptors (Lipinski definition) is 4. The van der Waals surface area contributed by atoms with E-state index in [1.165, 1.54) is 12.4 Å². The van der Waals surface area contributed by atoms with Crippen LogP contribution in [-0.4, -0.2) is 25.7 Å². The predicted octanol–water partition coefficient (Wildman–Crippen LogP) is 3.30. The first-order valence-electron chi connectivity index (χ1n) is 7.33. The largest absolute Gasteiger partial charge is 0.348 e. The second-order valence-electron chi connectivity index (χ2n) is 5.04. The molecular weight excluding hydrogens is 361 g/mol. The minimum atomic E-state index is -0.260. The average Bonchev–Trinajstić information content (AvgIpc) is 3.15. The highest BCUT2D eigenvalue weighted by Crippen LogP contribution is 2.21. The molecule has 3 aromatic rings. The summed E-state index contributed by atoms with van der Waals surface area (Å²) in [6.07, 6.45) is 7.65. The molecule has 0 atom stereocenters. The minimum Gasteiger partial charge on any atom is -0.348 e. The molecule has 25 heavy (non-hydrogen) atoms. The third-order valence-corrected chi connectivity index (χ3v) is 3.91. The maximum absolute atomic E-state index is 12.1. The standard InChI is InChI=1S/C17H13Cl2N5O/c18-14-4-5-15(19)12(8-14)3-6-16(25)22-9-13-2-1-7-21-17(13)24-11-20-10-23-24/h1-8,10-11H,9H2,(H,22,25)/b6-3+. The summed E-state index contributed by atoms with van der Waals surface area (Å²) in [6.45, 7) is 0.301. The quantitative estimate of drug-likeness (QED) is 0.696. The number of carbonyl (C=O) groups is 1. The van der Waals surface area contributed by atoms with Gasteiger partial charge in [-0.3, -0.25) is 4.79 Å². The molecule has 0 aliphatic heterocycles. The van der Waals surface area contributed by atoms with Gasteiger partial charge in [0.15, 0.2) is 5.82 Å². The van der Waals surface area contributed by atoms with Crippen molar-refractivity contribution >= 4 is 35.2 Å². The number of pyridine rings is 1. The van der Waals surface area contributed by atoms with Crippen LogP contribution < -0.4 is 5.32 Å². The van der Waals surface area contributed by atoms with E-state index in [1.807, 2.05) is 6.07 Å². The molecule has 0 aliphatic carbocycles. The molecule has 1 amide bonds. The second-order valence-corrected chi connectivity index (χ2v) is 5.89. The van der Waals surface area contributed by atoms with E-state index < -0.39 is 0 Å². The van der Waals surface area contributed by atoms with Crippen molar-refractivity contribution in [3.63, 3.8) is 0 Å². The van der Waals surface area contributed by atoms with Gasteiger partial charge < -0.3 is 5.32 Å². The topological polar surface area (TPSA) is 72.7 Å². The molecule has 0 radical (unpaired) electrons. The molecule has 0 fully saturated rings. The van der Waals surface area contributed by atoms with Gasteiger partial charge in [-0.05, 0) is 35.9 Å².